The zero-order valence-electron chi connectivity index (χ0n) is 14.0. The van der Waals surface area contributed by atoms with Crippen LogP contribution in [-0.2, 0) is 13.0 Å². The number of hydrogen-bond acceptors (Lipinski definition) is 5. The zero-order chi connectivity index (χ0) is 17.8. The molecule has 1 saturated heterocycles. The lowest BCUT2D eigenvalue weighted by Gasteiger charge is -2.20. The van der Waals surface area contributed by atoms with Gasteiger partial charge in [-0.2, -0.15) is 10.2 Å². The predicted octanol–water partition coefficient (Wildman–Crippen LogP) is 1.38. The maximum absolute atomic E-state index is 12.6. The third-order valence-corrected chi connectivity index (χ3v) is 4.20. The van der Waals surface area contributed by atoms with E-state index in [2.05, 4.69) is 30.3 Å². The van der Waals surface area contributed by atoms with Crippen LogP contribution in [0.15, 0.2) is 6.07 Å². The Hall–Kier alpha value is -2.36. The first kappa shape index (κ1) is 17.5. The van der Waals surface area contributed by atoms with E-state index in [4.69, 9.17) is 0 Å². The van der Waals surface area contributed by atoms with E-state index in [-0.39, 0.29) is 17.3 Å². The van der Waals surface area contributed by atoms with Crippen LogP contribution in [0.4, 0.5) is 8.78 Å². The lowest BCUT2D eigenvalue weighted by molar-refractivity contribution is 0.0755. The maximum Gasteiger partial charge on any atom is 0.279 e. The van der Waals surface area contributed by atoms with Crippen molar-refractivity contribution in [2.75, 3.05) is 26.2 Å². The fraction of sp³-hybridized carbons (Fsp3) is 0.600. The summed E-state index contributed by atoms with van der Waals surface area (Å²) in [6.45, 7) is 5.24. The number of carbonyl (C=O) groups is 1. The van der Waals surface area contributed by atoms with Crippen molar-refractivity contribution in [3.05, 3.63) is 29.1 Å². The van der Waals surface area contributed by atoms with Crippen molar-refractivity contribution >= 4 is 5.91 Å². The van der Waals surface area contributed by atoms with Gasteiger partial charge in [0, 0.05) is 32.6 Å². The van der Waals surface area contributed by atoms with Gasteiger partial charge < -0.3 is 4.90 Å². The van der Waals surface area contributed by atoms with Crippen LogP contribution >= 0.6 is 0 Å². The number of nitrogens with zero attached hydrogens (tertiary/aromatic N) is 5. The molecule has 1 aliphatic heterocycles. The Kier molecular flexibility index (Phi) is 5.37. The monoisotopic (exact) mass is 353 g/mol. The van der Waals surface area contributed by atoms with Crippen molar-refractivity contribution in [3.63, 3.8) is 0 Å². The van der Waals surface area contributed by atoms with Gasteiger partial charge in [-0.05, 0) is 12.5 Å². The zero-order valence-corrected chi connectivity index (χ0v) is 14.0. The molecule has 2 N–H and O–H groups in total. The van der Waals surface area contributed by atoms with Crippen LogP contribution in [0.1, 0.15) is 47.6 Å². The Morgan fingerprint density at radius 3 is 2.76 bits per heavy atom. The van der Waals surface area contributed by atoms with Gasteiger partial charge in [0.05, 0.1) is 6.54 Å². The molecule has 0 aromatic carbocycles. The van der Waals surface area contributed by atoms with Gasteiger partial charge in [0.2, 0.25) is 0 Å². The molecule has 136 valence electrons. The highest BCUT2D eigenvalue weighted by Gasteiger charge is 2.24. The average Bonchev–Trinajstić information content (AvgIpc) is 3.20. The van der Waals surface area contributed by atoms with E-state index in [1.54, 1.807) is 4.90 Å². The molecule has 3 rings (SSSR count). The Balaban J connectivity index is 1.57. The quantitative estimate of drug-likeness (QED) is 0.847. The first-order valence-electron chi connectivity index (χ1n) is 8.32. The standard InChI is InChI=1S/C15H21F2N7O/c1-2-12-18-13(22-21-12)9-23-4-3-5-24(7-6-23)15(25)11-8-10(14(16)17)19-20-11/h8,14H,2-7,9H2,1H3,(H,19,20)(H,18,21,22). The van der Waals surface area contributed by atoms with Crippen LogP contribution in [-0.4, -0.2) is 67.3 Å². The summed E-state index contributed by atoms with van der Waals surface area (Å²) >= 11 is 0. The molecule has 0 aliphatic carbocycles. The van der Waals surface area contributed by atoms with E-state index in [1.165, 1.54) is 0 Å². The fourth-order valence-corrected chi connectivity index (χ4v) is 2.83. The Bertz CT molecular complexity index is 714. The minimum atomic E-state index is -2.66. The highest BCUT2D eigenvalue weighted by Crippen LogP contribution is 2.18. The lowest BCUT2D eigenvalue weighted by atomic mass is 10.3. The van der Waals surface area contributed by atoms with Crippen molar-refractivity contribution in [3.8, 4) is 0 Å². The summed E-state index contributed by atoms with van der Waals surface area (Å²) in [5.74, 6) is 1.28. The summed E-state index contributed by atoms with van der Waals surface area (Å²) in [6, 6.07) is 1.12. The van der Waals surface area contributed by atoms with Gasteiger partial charge in [-0.15, -0.1) is 0 Å². The molecule has 1 aliphatic rings. The van der Waals surface area contributed by atoms with Gasteiger partial charge >= 0.3 is 0 Å². The van der Waals surface area contributed by atoms with Crippen molar-refractivity contribution in [1.29, 1.82) is 0 Å². The van der Waals surface area contributed by atoms with Gasteiger partial charge in [-0.1, -0.05) is 6.92 Å². The number of nitrogens with one attached hydrogen (secondary N) is 2. The topological polar surface area (TPSA) is 93.8 Å². The maximum atomic E-state index is 12.6. The fourth-order valence-electron chi connectivity index (χ4n) is 2.83. The number of carbonyl (C=O) groups excluding carboxylic acids is 1. The second-order valence-electron chi connectivity index (χ2n) is 5.98. The number of aryl methyl sites for hydroxylation is 1. The average molecular weight is 353 g/mol. The van der Waals surface area contributed by atoms with Gasteiger partial charge in [-0.25, -0.2) is 13.8 Å². The number of alkyl halides is 2. The molecule has 0 radical (unpaired) electrons. The van der Waals surface area contributed by atoms with Crippen LogP contribution in [0.25, 0.3) is 0 Å². The van der Waals surface area contributed by atoms with E-state index in [1.807, 2.05) is 6.92 Å². The number of halogens is 2. The van der Waals surface area contributed by atoms with Crippen molar-refractivity contribution in [1.82, 2.24) is 35.2 Å². The van der Waals surface area contributed by atoms with E-state index < -0.39 is 6.43 Å². The van der Waals surface area contributed by atoms with E-state index in [0.29, 0.717) is 26.2 Å². The Morgan fingerprint density at radius 2 is 2.08 bits per heavy atom. The van der Waals surface area contributed by atoms with Gasteiger partial charge in [0.25, 0.3) is 12.3 Å². The van der Waals surface area contributed by atoms with Crippen LogP contribution < -0.4 is 0 Å². The van der Waals surface area contributed by atoms with Crippen LogP contribution in [0.3, 0.4) is 0 Å². The summed E-state index contributed by atoms with van der Waals surface area (Å²) in [6.07, 6.45) is -1.08. The molecule has 2 aromatic heterocycles. The summed E-state index contributed by atoms with van der Waals surface area (Å²) in [5, 5.41) is 13.0. The largest absolute Gasteiger partial charge is 0.336 e. The third-order valence-electron chi connectivity index (χ3n) is 4.20. The smallest absolute Gasteiger partial charge is 0.279 e. The van der Waals surface area contributed by atoms with Crippen molar-refractivity contribution in [2.45, 2.75) is 32.7 Å². The number of aromatic nitrogens is 5. The van der Waals surface area contributed by atoms with E-state index in [9.17, 15) is 13.6 Å². The van der Waals surface area contributed by atoms with E-state index in [0.717, 1.165) is 37.1 Å². The van der Waals surface area contributed by atoms with Gasteiger partial charge in [-0.3, -0.25) is 19.9 Å². The Labute approximate surface area is 143 Å². The molecule has 0 atom stereocenters. The summed E-state index contributed by atoms with van der Waals surface area (Å²) in [5.41, 5.74) is -0.302. The third kappa shape index (κ3) is 4.19. The Morgan fingerprint density at radius 1 is 1.24 bits per heavy atom. The highest BCUT2D eigenvalue weighted by atomic mass is 19.3. The number of aromatic amines is 2. The van der Waals surface area contributed by atoms with E-state index >= 15 is 0 Å². The van der Waals surface area contributed by atoms with Crippen molar-refractivity contribution in [2.24, 2.45) is 0 Å². The minimum Gasteiger partial charge on any atom is -0.336 e. The summed E-state index contributed by atoms with van der Waals surface area (Å²) in [4.78, 5) is 20.7. The highest BCUT2D eigenvalue weighted by molar-refractivity contribution is 5.92. The predicted molar refractivity (Wildman–Crippen MR) is 85.1 cm³/mol. The molecule has 10 heteroatoms. The van der Waals surface area contributed by atoms with Gasteiger partial charge in [0.1, 0.15) is 17.3 Å². The molecule has 2 aromatic rings. The molecule has 25 heavy (non-hydrogen) atoms. The second kappa shape index (κ2) is 7.68. The molecule has 3 heterocycles. The first-order chi connectivity index (χ1) is 12.1. The van der Waals surface area contributed by atoms with Crippen LogP contribution in [0, 0.1) is 0 Å². The van der Waals surface area contributed by atoms with Crippen LogP contribution in [0.5, 0.6) is 0 Å². The van der Waals surface area contributed by atoms with Gasteiger partial charge in [0.15, 0.2) is 5.69 Å². The second-order valence-corrected chi connectivity index (χ2v) is 5.98. The first-order valence-corrected chi connectivity index (χ1v) is 8.32. The lowest BCUT2D eigenvalue weighted by Crippen LogP contribution is -2.35. The molecule has 1 fully saturated rings. The molecule has 0 spiro atoms. The molecule has 0 saturated carbocycles. The minimum absolute atomic E-state index is 0.0339. The summed E-state index contributed by atoms with van der Waals surface area (Å²) in [7, 11) is 0. The molecule has 0 bridgehead atoms. The summed E-state index contributed by atoms with van der Waals surface area (Å²) < 4.78 is 25.2. The number of H-pyrrole nitrogens is 2. The van der Waals surface area contributed by atoms with Crippen molar-refractivity contribution < 1.29 is 13.6 Å². The molecule has 0 unspecified atom stereocenters. The molecular formula is C15H21F2N7O. The molecular weight excluding hydrogens is 332 g/mol. The normalized spacial score (nSPS) is 16.4. The number of amides is 1. The molecule has 1 amide bonds. The number of rotatable bonds is 5. The van der Waals surface area contributed by atoms with Crippen LogP contribution in [0.2, 0.25) is 0 Å². The number of hydrogen-bond donors (Lipinski definition) is 2. The SMILES string of the molecule is CCc1n[nH]c(CN2CCCN(C(=O)c3cc(C(F)F)[nH]n3)CC2)n1. The molecule has 8 nitrogen and oxygen atoms in total.